The van der Waals surface area contributed by atoms with Crippen LogP contribution in [0, 0.1) is 0 Å². The first kappa shape index (κ1) is 25.0. The van der Waals surface area contributed by atoms with Crippen molar-refractivity contribution in [3.05, 3.63) is 90.0 Å². The Hall–Kier alpha value is -4.66. The third kappa shape index (κ3) is 8.65. The van der Waals surface area contributed by atoms with Gasteiger partial charge in [0.1, 0.15) is 11.5 Å². The van der Waals surface area contributed by atoms with Crippen LogP contribution in [0.5, 0.6) is 11.5 Å². The lowest BCUT2D eigenvalue weighted by atomic mass is 10.2. The summed E-state index contributed by atoms with van der Waals surface area (Å²) in [5.41, 5.74) is 4.38. The summed E-state index contributed by atoms with van der Waals surface area (Å²) in [5, 5.41) is 9.05. The fraction of sp³-hybridized carbons (Fsp3) is 0.154. The van der Waals surface area contributed by atoms with Crippen molar-refractivity contribution in [2.24, 2.45) is 5.10 Å². The summed E-state index contributed by atoms with van der Waals surface area (Å²) in [6.45, 7) is 2.57. The highest BCUT2D eigenvalue weighted by atomic mass is 16.5. The zero-order valence-electron chi connectivity index (χ0n) is 19.2. The molecule has 0 aromatic heterocycles. The number of nitrogens with one attached hydrogen (secondary N) is 3. The Balaban J connectivity index is 1.38. The number of amides is 3. The van der Waals surface area contributed by atoms with Crippen LogP contribution in [0.1, 0.15) is 18.1 Å². The second-order valence-corrected chi connectivity index (χ2v) is 7.23. The van der Waals surface area contributed by atoms with Gasteiger partial charge in [0.2, 0.25) is 0 Å². The van der Waals surface area contributed by atoms with Crippen molar-refractivity contribution in [1.82, 2.24) is 10.7 Å². The summed E-state index contributed by atoms with van der Waals surface area (Å²) < 4.78 is 10.9. The second-order valence-electron chi connectivity index (χ2n) is 7.23. The van der Waals surface area contributed by atoms with Crippen LogP contribution < -0.4 is 25.5 Å². The van der Waals surface area contributed by atoms with Crippen molar-refractivity contribution in [2.45, 2.75) is 13.5 Å². The van der Waals surface area contributed by atoms with Gasteiger partial charge in [0.15, 0.2) is 6.61 Å². The Bertz CT molecular complexity index is 1150. The molecular weight excluding hydrogens is 448 g/mol. The van der Waals surface area contributed by atoms with Crippen LogP contribution in [0.15, 0.2) is 84.0 Å². The monoisotopic (exact) mass is 474 g/mol. The molecule has 9 heteroatoms. The van der Waals surface area contributed by atoms with E-state index in [1.54, 1.807) is 48.5 Å². The summed E-state index contributed by atoms with van der Waals surface area (Å²) in [5.74, 6) is -0.716. The fourth-order valence-corrected chi connectivity index (χ4v) is 2.87. The van der Waals surface area contributed by atoms with Crippen LogP contribution in [-0.2, 0) is 20.9 Å². The van der Waals surface area contributed by atoms with E-state index < -0.39 is 11.8 Å². The van der Waals surface area contributed by atoms with Crippen LogP contribution in [0.4, 0.5) is 5.69 Å². The van der Waals surface area contributed by atoms with Gasteiger partial charge < -0.3 is 20.1 Å². The van der Waals surface area contributed by atoms with Gasteiger partial charge in [-0.3, -0.25) is 14.4 Å². The minimum atomic E-state index is -0.865. The van der Waals surface area contributed by atoms with Crippen molar-refractivity contribution in [1.29, 1.82) is 0 Å². The summed E-state index contributed by atoms with van der Waals surface area (Å²) in [6, 6.07) is 23.0. The van der Waals surface area contributed by atoms with E-state index in [-0.39, 0.29) is 19.1 Å². The molecule has 3 N–H and O–H groups in total. The highest BCUT2D eigenvalue weighted by molar-refractivity contribution is 6.35. The van der Waals surface area contributed by atoms with E-state index in [1.165, 1.54) is 6.21 Å². The van der Waals surface area contributed by atoms with Crippen LogP contribution >= 0.6 is 0 Å². The number of hydrogen-bond acceptors (Lipinski definition) is 6. The van der Waals surface area contributed by atoms with Gasteiger partial charge in [-0.1, -0.05) is 30.3 Å². The standard InChI is InChI=1S/C26H26N4O5/c1-2-34-22-14-10-21(11-15-22)29-24(31)18-35-23-12-8-20(9-13-23)17-28-30-26(33)25(32)27-16-19-6-4-3-5-7-19/h3-15,17H,2,16,18H2,1H3,(H,27,32)(H,29,31)(H,30,33)/b28-17-. The van der Waals surface area contributed by atoms with E-state index in [0.29, 0.717) is 23.6 Å². The summed E-state index contributed by atoms with van der Waals surface area (Å²) in [7, 11) is 0. The number of hydrogen-bond donors (Lipinski definition) is 3. The predicted octanol–water partition coefficient (Wildman–Crippen LogP) is 2.87. The number of rotatable bonds is 10. The van der Waals surface area contributed by atoms with Gasteiger partial charge in [-0.25, -0.2) is 5.43 Å². The molecular formula is C26H26N4O5. The van der Waals surface area contributed by atoms with Crippen molar-refractivity contribution in [3.8, 4) is 11.5 Å². The molecule has 0 saturated heterocycles. The highest BCUT2D eigenvalue weighted by Gasteiger charge is 2.11. The Kier molecular flexibility index (Phi) is 9.38. The van der Waals surface area contributed by atoms with Crippen LogP contribution in [0.2, 0.25) is 0 Å². The average molecular weight is 475 g/mol. The summed E-state index contributed by atoms with van der Waals surface area (Å²) in [4.78, 5) is 35.8. The molecule has 0 unspecified atom stereocenters. The largest absolute Gasteiger partial charge is 0.494 e. The first-order valence-corrected chi connectivity index (χ1v) is 10.9. The van der Waals surface area contributed by atoms with E-state index in [0.717, 1.165) is 11.3 Å². The number of anilines is 1. The topological polar surface area (TPSA) is 118 Å². The minimum absolute atomic E-state index is 0.158. The number of carbonyl (C=O) groups excluding carboxylic acids is 3. The van der Waals surface area contributed by atoms with Crippen molar-refractivity contribution >= 4 is 29.6 Å². The number of carbonyl (C=O) groups is 3. The molecule has 3 amide bonds. The van der Waals surface area contributed by atoms with Gasteiger partial charge in [-0.05, 0) is 66.6 Å². The number of hydrazone groups is 1. The van der Waals surface area contributed by atoms with Crippen molar-refractivity contribution in [2.75, 3.05) is 18.5 Å². The van der Waals surface area contributed by atoms with Gasteiger partial charge in [0, 0.05) is 12.2 Å². The second kappa shape index (κ2) is 13.1. The number of benzene rings is 3. The van der Waals surface area contributed by atoms with E-state index in [2.05, 4.69) is 21.2 Å². The van der Waals surface area contributed by atoms with E-state index in [4.69, 9.17) is 9.47 Å². The number of nitrogens with zero attached hydrogens (tertiary/aromatic N) is 1. The highest BCUT2D eigenvalue weighted by Crippen LogP contribution is 2.16. The molecule has 0 saturated carbocycles. The number of ether oxygens (including phenoxy) is 2. The summed E-state index contributed by atoms with van der Waals surface area (Å²) >= 11 is 0. The molecule has 35 heavy (non-hydrogen) atoms. The zero-order chi connectivity index (χ0) is 24.9. The molecule has 0 aliphatic rings. The quantitative estimate of drug-likeness (QED) is 0.237. The van der Waals surface area contributed by atoms with Gasteiger partial charge in [0.05, 0.1) is 12.8 Å². The molecule has 0 atom stereocenters. The van der Waals surface area contributed by atoms with E-state index in [9.17, 15) is 14.4 Å². The first-order chi connectivity index (χ1) is 17.0. The molecule has 0 radical (unpaired) electrons. The Morgan fingerprint density at radius 2 is 1.49 bits per heavy atom. The zero-order valence-corrected chi connectivity index (χ0v) is 19.2. The third-order valence-electron chi connectivity index (χ3n) is 4.58. The minimum Gasteiger partial charge on any atom is -0.494 e. The molecule has 0 fully saturated rings. The fourth-order valence-electron chi connectivity index (χ4n) is 2.87. The van der Waals surface area contributed by atoms with Gasteiger partial charge in [0.25, 0.3) is 5.91 Å². The van der Waals surface area contributed by atoms with Crippen molar-refractivity contribution in [3.63, 3.8) is 0 Å². The average Bonchev–Trinajstić information content (AvgIpc) is 2.88. The smallest absolute Gasteiger partial charge is 0.329 e. The predicted molar refractivity (Wildman–Crippen MR) is 132 cm³/mol. The molecule has 3 aromatic carbocycles. The summed E-state index contributed by atoms with van der Waals surface area (Å²) in [6.07, 6.45) is 1.39. The molecule has 0 aliphatic heterocycles. The maximum absolute atomic E-state index is 12.1. The van der Waals surface area contributed by atoms with Crippen LogP contribution in [0.25, 0.3) is 0 Å². The molecule has 180 valence electrons. The molecule has 0 aliphatic carbocycles. The van der Waals surface area contributed by atoms with E-state index >= 15 is 0 Å². The van der Waals surface area contributed by atoms with Gasteiger partial charge in [-0.15, -0.1) is 0 Å². The molecule has 3 aromatic rings. The SMILES string of the molecule is CCOc1ccc(NC(=O)COc2ccc(/C=N\NC(=O)C(=O)NCc3ccccc3)cc2)cc1. The molecule has 9 nitrogen and oxygen atoms in total. The molecule has 0 spiro atoms. The normalized spacial score (nSPS) is 10.4. The van der Waals surface area contributed by atoms with E-state index in [1.807, 2.05) is 37.3 Å². The van der Waals surface area contributed by atoms with Crippen LogP contribution in [0.3, 0.4) is 0 Å². The van der Waals surface area contributed by atoms with Gasteiger partial charge in [-0.2, -0.15) is 5.10 Å². The lowest BCUT2D eigenvalue weighted by Gasteiger charge is -2.09. The van der Waals surface area contributed by atoms with Crippen LogP contribution in [-0.4, -0.2) is 37.1 Å². The Labute approximate surface area is 203 Å². The maximum Gasteiger partial charge on any atom is 0.329 e. The maximum atomic E-state index is 12.1. The third-order valence-corrected chi connectivity index (χ3v) is 4.58. The first-order valence-electron chi connectivity index (χ1n) is 10.9. The lowest BCUT2D eigenvalue weighted by Crippen LogP contribution is -2.37. The van der Waals surface area contributed by atoms with Crippen molar-refractivity contribution < 1.29 is 23.9 Å². The Morgan fingerprint density at radius 3 is 2.17 bits per heavy atom. The molecule has 0 bridgehead atoms. The molecule has 3 rings (SSSR count). The lowest BCUT2D eigenvalue weighted by molar-refractivity contribution is -0.139. The van der Waals surface area contributed by atoms with Gasteiger partial charge >= 0.3 is 11.8 Å². The Morgan fingerprint density at radius 1 is 0.829 bits per heavy atom. The molecule has 0 heterocycles.